The summed E-state index contributed by atoms with van der Waals surface area (Å²) in [6.07, 6.45) is 1.55. The van der Waals surface area contributed by atoms with Crippen LogP contribution in [0.15, 0.2) is 96.7 Å². The quantitative estimate of drug-likeness (QED) is 0.552. The number of carbonyl (C=O) groups excluding carboxylic acids is 3. The number of aliphatic carboxylic acids is 1. The second kappa shape index (κ2) is 10.5. The van der Waals surface area contributed by atoms with Crippen LogP contribution in [0.3, 0.4) is 0 Å². The van der Waals surface area contributed by atoms with Crippen molar-refractivity contribution in [1.29, 1.82) is 0 Å². The van der Waals surface area contributed by atoms with Gasteiger partial charge in [-0.15, -0.1) is 0 Å². The van der Waals surface area contributed by atoms with E-state index >= 15 is 0 Å². The molecule has 0 saturated carbocycles. The van der Waals surface area contributed by atoms with Crippen LogP contribution in [0.1, 0.15) is 21.5 Å². The van der Waals surface area contributed by atoms with Gasteiger partial charge in [0.2, 0.25) is 0 Å². The van der Waals surface area contributed by atoms with E-state index in [2.05, 4.69) is 10.6 Å². The van der Waals surface area contributed by atoms with Gasteiger partial charge < -0.3 is 20.5 Å². The van der Waals surface area contributed by atoms with E-state index < -0.39 is 23.8 Å². The van der Waals surface area contributed by atoms with Gasteiger partial charge in [-0.3, -0.25) is 9.59 Å². The summed E-state index contributed by atoms with van der Waals surface area (Å²) in [7, 11) is 0. The highest BCUT2D eigenvalue weighted by molar-refractivity contribution is 6.06. The van der Waals surface area contributed by atoms with Crippen molar-refractivity contribution in [2.45, 2.75) is 12.5 Å². The van der Waals surface area contributed by atoms with E-state index in [0.29, 0.717) is 11.1 Å². The Hall–Kier alpha value is -4.19. The Morgan fingerprint density at radius 1 is 0.806 bits per heavy atom. The highest BCUT2D eigenvalue weighted by atomic mass is 16.4. The Morgan fingerprint density at radius 3 is 1.94 bits per heavy atom. The molecule has 0 aromatic heterocycles. The zero-order valence-corrected chi connectivity index (χ0v) is 16.7. The van der Waals surface area contributed by atoms with E-state index in [1.54, 1.807) is 78.9 Å². The maximum Gasteiger partial charge on any atom is 0.268 e. The summed E-state index contributed by atoms with van der Waals surface area (Å²) < 4.78 is 0. The monoisotopic (exact) mass is 413 g/mol. The van der Waals surface area contributed by atoms with Crippen LogP contribution in [-0.4, -0.2) is 23.8 Å². The Balaban J connectivity index is 1.83. The van der Waals surface area contributed by atoms with Crippen LogP contribution in [0.25, 0.3) is 6.08 Å². The van der Waals surface area contributed by atoms with Crippen LogP contribution < -0.4 is 15.7 Å². The summed E-state index contributed by atoms with van der Waals surface area (Å²) in [4.78, 5) is 37.2. The molecule has 0 saturated heterocycles. The molecule has 1 atom stereocenters. The highest BCUT2D eigenvalue weighted by Crippen LogP contribution is 2.09. The molecule has 2 amide bonds. The second-order valence-corrected chi connectivity index (χ2v) is 6.82. The fourth-order valence-corrected chi connectivity index (χ4v) is 2.94. The van der Waals surface area contributed by atoms with Gasteiger partial charge in [0.05, 0.1) is 12.0 Å². The van der Waals surface area contributed by atoms with Crippen LogP contribution in [0.2, 0.25) is 0 Å². The largest absolute Gasteiger partial charge is 0.548 e. The fraction of sp³-hybridized carbons (Fsp3) is 0.0800. The predicted molar refractivity (Wildman–Crippen MR) is 115 cm³/mol. The summed E-state index contributed by atoms with van der Waals surface area (Å²) in [5.41, 5.74) is 1.71. The van der Waals surface area contributed by atoms with E-state index in [1.165, 1.54) is 6.08 Å². The predicted octanol–water partition coefficient (Wildman–Crippen LogP) is 1.93. The van der Waals surface area contributed by atoms with Gasteiger partial charge in [-0.25, -0.2) is 0 Å². The third-order valence-corrected chi connectivity index (χ3v) is 4.51. The first-order chi connectivity index (χ1) is 15.0. The van der Waals surface area contributed by atoms with Gasteiger partial charge in [0.25, 0.3) is 11.8 Å². The van der Waals surface area contributed by atoms with Crippen LogP contribution >= 0.6 is 0 Å². The van der Waals surface area contributed by atoms with Gasteiger partial charge in [-0.2, -0.15) is 0 Å². The van der Waals surface area contributed by atoms with Crippen LogP contribution in [-0.2, 0) is 16.0 Å². The molecule has 0 radical (unpaired) electrons. The highest BCUT2D eigenvalue weighted by Gasteiger charge is 2.19. The number of amides is 2. The zero-order chi connectivity index (χ0) is 22.1. The van der Waals surface area contributed by atoms with E-state index in [-0.39, 0.29) is 12.1 Å². The standard InChI is InChI=1S/C25H22N2O4/c28-23(20-14-8-3-9-15-20)26-21(16-18-10-4-1-5-11-18)24(29)27-22(25(30)31)17-19-12-6-2-7-13-19/h1-16,22H,17H2,(H,26,28)(H,27,29)(H,30,31)/p-1/b21-16-/t22-/m1/s1. The minimum absolute atomic E-state index is 0.0557. The minimum Gasteiger partial charge on any atom is -0.548 e. The number of rotatable bonds is 8. The van der Waals surface area contributed by atoms with Gasteiger partial charge in [-0.1, -0.05) is 78.9 Å². The summed E-state index contributed by atoms with van der Waals surface area (Å²) in [5.74, 6) is -2.62. The SMILES string of the molecule is O=C(N[C@H](Cc1ccccc1)C(=O)[O-])/C(=C/c1ccccc1)NC(=O)c1ccccc1. The molecule has 0 unspecified atom stereocenters. The molecule has 3 rings (SSSR count). The lowest BCUT2D eigenvalue weighted by Gasteiger charge is -2.21. The minimum atomic E-state index is -1.41. The van der Waals surface area contributed by atoms with Crippen LogP contribution in [0.5, 0.6) is 0 Å². The number of hydrogen-bond donors (Lipinski definition) is 2. The molecule has 31 heavy (non-hydrogen) atoms. The molecule has 0 fully saturated rings. The summed E-state index contributed by atoms with van der Waals surface area (Å²) in [5, 5.41) is 16.7. The van der Waals surface area contributed by atoms with Crippen molar-refractivity contribution >= 4 is 23.9 Å². The average Bonchev–Trinajstić information content (AvgIpc) is 2.80. The van der Waals surface area contributed by atoms with Crippen LogP contribution in [0.4, 0.5) is 0 Å². The van der Waals surface area contributed by atoms with E-state index in [1.807, 2.05) is 12.1 Å². The van der Waals surface area contributed by atoms with Crippen molar-refractivity contribution in [3.8, 4) is 0 Å². The van der Waals surface area contributed by atoms with Gasteiger partial charge >= 0.3 is 0 Å². The third kappa shape index (κ3) is 6.40. The molecule has 6 heteroatoms. The smallest absolute Gasteiger partial charge is 0.268 e. The molecule has 0 spiro atoms. The number of nitrogens with one attached hydrogen (secondary N) is 2. The fourth-order valence-electron chi connectivity index (χ4n) is 2.94. The normalized spacial score (nSPS) is 11.9. The number of carbonyl (C=O) groups is 3. The number of hydrogen-bond acceptors (Lipinski definition) is 4. The maximum atomic E-state index is 12.9. The van der Waals surface area contributed by atoms with E-state index in [0.717, 1.165) is 5.56 Å². The van der Waals surface area contributed by atoms with Gasteiger partial charge in [0.15, 0.2) is 0 Å². The van der Waals surface area contributed by atoms with Gasteiger partial charge in [0, 0.05) is 5.56 Å². The topological polar surface area (TPSA) is 98.3 Å². The molecular formula is C25H21N2O4-. The average molecular weight is 413 g/mol. The Morgan fingerprint density at radius 2 is 1.35 bits per heavy atom. The number of benzene rings is 3. The lowest BCUT2D eigenvalue weighted by Crippen LogP contribution is -2.50. The van der Waals surface area contributed by atoms with Gasteiger partial charge in [0.1, 0.15) is 5.70 Å². The molecule has 156 valence electrons. The molecule has 0 aliphatic rings. The Bertz CT molecular complexity index is 1060. The van der Waals surface area contributed by atoms with Crippen molar-refractivity contribution in [3.63, 3.8) is 0 Å². The van der Waals surface area contributed by atoms with Crippen LogP contribution in [0, 0.1) is 0 Å². The Labute approximate surface area is 180 Å². The summed E-state index contributed by atoms with van der Waals surface area (Å²) in [6, 6.07) is 25.0. The lowest BCUT2D eigenvalue weighted by atomic mass is 10.1. The van der Waals surface area contributed by atoms with Gasteiger partial charge in [-0.05, 0) is 35.8 Å². The summed E-state index contributed by atoms with van der Waals surface area (Å²) in [6.45, 7) is 0. The Kier molecular flexibility index (Phi) is 7.32. The molecule has 0 aliphatic carbocycles. The maximum absolute atomic E-state index is 12.9. The lowest BCUT2D eigenvalue weighted by molar-refractivity contribution is -0.308. The number of carboxylic acids is 1. The third-order valence-electron chi connectivity index (χ3n) is 4.51. The molecule has 0 bridgehead atoms. The molecule has 3 aromatic carbocycles. The van der Waals surface area contributed by atoms with E-state index in [4.69, 9.17) is 0 Å². The molecule has 3 aromatic rings. The van der Waals surface area contributed by atoms with Crippen molar-refractivity contribution in [2.24, 2.45) is 0 Å². The molecule has 6 nitrogen and oxygen atoms in total. The van der Waals surface area contributed by atoms with Crippen molar-refractivity contribution in [2.75, 3.05) is 0 Å². The first kappa shape index (κ1) is 21.5. The summed E-state index contributed by atoms with van der Waals surface area (Å²) >= 11 is 0. The second-order valence-electron chi connectivity index (χ2n) is 6.82. The van der Waals surface area contributed by atoms with Crippen molar-refractivity contribution in [1.82, 2.24) is 10.6 Å². The first-order valence-corrected chi connectivity index (χ1v) is 9.72. The van der Waals surface area contributed by atoms with Crippen molar-refractivity contribution in [3.05, 3.63) is 113 Å². The van der Waals surface area contributed by atoms with Crippen molar-refractivity contribution < 1.29 is 19.5 Å². The molecular weight excluding hydrogens is 392 g/mol. The van der Waals surface area contributed by atoms with E-state index in [9.17, 15) is 19.5 Å². The molecule has 0 heterocycles. The number of carboxylic acid groups (broad SMARTS) is 1. The molecule has 2 N–H and O–H groups in total. The first-order valence-electron chi connectivity index (χ1n) is 9.72. The zero-order valence-electron chi connectivity index (χ0n) is 16.7. The molecule has 0 aliphatic heterocycles.